The fourth-order valence-corrected chi connectivity index (χ4v) is 3.34. The lowest BCUT2D eigenvalue weighted by Crippen LogP contribution is -2.49. The number of likely N-dealkylation sites (tertiary alicyclic amines) is 1. The second kappa shape index (κ2) is 7.44. The standard InChI is InChI=1S/C17H24ClN3O/c18-16-5-3-15(4-6-16)13-19-9-11-20(12-10-19)14-17(22)21-7-1-2-8-21/h3-6H,1-2,7-14H2. The number of nitrogens with zero attached hydrogens (tertiary/aromatic N) is 3. The van der Waals surface area contributed by atoms with E-state index in [2.05, 4.69) is 21.9 Å². The molecule has 1 aromatic carbocycles. The lowest BCUT2D eigenvalue weighted by atomic mass is 10.2. The molecule has 3 rings (SSSR count). The molecule has 2 aliphatic heterocycles. The zero-order valence-corrected chi connectivity index (χ0v) is 13.8. The van der Waals surface area contributed by atoms with Crippen molar-refractivity contribution in [2.45, 2.75) is 19.4 Å². The molecule has 0 atom stereocenters. The molecule has 2 aliphatic rings. The summed E-state index contributed by atoms with van der Waals surface area (Å²) in [6.07, 6.45) is 2.33. The van der Waals surface area contributed by atoms with Crippen molar-refractivity contribution in [1.82, 2.24) is 14.7 Å². The van der Waals surface area contributed by atoms with Gasteiger partial charge in [-0.05, 0) is 30.5 Å². The van der Waals surface area contributed by atoms with Crippen molar-refractivity contribution in [3.8, 4) is 0 Å². The monoisotopic (exact) mass is 321 g/mol. The van der Waals surface area contributed by atoms with Gasteiger partial charge in [0.05, 0.1) is 6.54 Å². The van der Waals surface area contributed by atoms with Crippen molar-refractivity contribution in [3.63, 3.8) is 0 Å². The van der Waals surface area contributed by atoms with E-state index in [1.54, 1.807) is 0 Å². The Kier molecular flexibility index (Phi) is 5.34. The Morgan fingerprint density at radius 1 is 0.909 bits per heavy atom. The van der Waals surface area contributed by atoms with E-state index in [1.165, 1.54) is 18.4 Å². The first kappa shape index (κ1) is 15.8. The van der Waals surface area contributed by atoms with Gasteiger partial charge in [-0.3, -0.25) is 14.6 Å². The number of benzene rings is 1. The lowest BCUT2D eigenvalue weighted by molar-refractivity contribution is -0.131. The third kappa shape index (κ3) is 4.22. The van der Waals surface area contributed by atoms with E-state index in [0.29, 0.717) is 12.5 Å². The summed E-state index contributed by atoms with van der Waals surface area (Å²) in [5, 5.41) is 0.786. The molecular formula is C17H24ClN3O. The highest BCUT2D eigenvalue weighted by Gasteiger charge is 2.23. The summed E-state index contributed by atoms with van der Waals surface area (Å²) in [6.45, 7) is 7.47. The normalized spacial score (nSPS) is 20.5. The Labute approximate surface area is 137 Å². The molecule has 2 saturated heterocycles. The zero-order chi connectivity index (χ0) is 15.4. The summed E-state index contributed by atoms with van der Waals surface area (Å²) < 4.78 is 0. The largest absolute Gasteiger partial charge is 0.342 e. The first-order valence-corrected chi connectivity index (χ1v) is 8.55. The van der Waals surface area contributed by atoms with E-state index >= 15 is 0 Å². The average molecular weight is 322 g/mol. The lowest BCUT2D eigenvalue weighted by Gasteiger charge is -2.35. The fourth-order valence-electron chi connectivity index (χ4n) is 3.21. The van der Waals surface area contributed by atoms with Gasteiger partial charge in [-0.2, -0.15) is 0 Å². The SMILES string of the molecule is O=C(CN1CCN(Cc2ccc(Cl)cc2)CC1)N1CCCC1. The van der Waals surface area contributed by atoms with E-state index in [0.717, 1.165) is 50.8 Å². The van der Waals surface area contributed by atoms with Gasteiger partial charge in [0.1, 0.15) is 0 Å². The van der Waals surface area contributed by atoms with Gasteiger partial charge in [0.2, 0.25) is 5.91 Å². The number of rotatable bonds is 4. The predicted molar refractivity (Wildman–Crippen MR) is 89.0 cm³/mol. The quantitative estimate of drug-likeness (QED) is 0.849. The Morgan fingerprint density at radius 2 is 1.50 bits per heavy atom. The van der Waals surface area contributed by atoms with Crippen LogP contribution in [0.5, 0.6) is 0 Å². The maximum absolute atomic E-state index is 12.2. The van der Waals surface area contributed by atoms with Crippen LogP contribution in [0.2, 0.25) is 5.02 Å². The van der Waals surface area contributed by atoms with Crippen molar-refractivity contribution in [2.75, 3.05) is 45.8 Å². The second-order valence-electron chi connectivity index (χ2n) is 6.27. The minimum absolute atomic E-state index is 0.309. The van der Waals surface area contributed by atoms with Gasteiger partial charge in [0.25, 0.3) is 0 Å². The Balaban J connectivity index is 1.42. The molecule has 0 bridgehead atoms. The van der Waals surface area contributed by atoms with Crippen LogP contribution in [0.4, 0.5) is 0 Å². The summed E-state index contributed by atoms with van der Waals surface area (Å²) in [7, 11) is 0. The van der Waals surface area contributed by atoms with Crippen LogP contribution in [0.15, 0.2) is 24.3 Å². The number of carbonyl (C=O) groups excluding carboxylic acids is 1. The summed E-state index contributed by atoms with van der Waals surface area (Å²) in [4.78, 5) is 18.9. The molecule has 0 aliphatic carbocycles. The fraction of sp³-hybridized carbons (Fsp3) is 0.588. The van der Waals surface area contributed by atoms with Crippen molar-refractivity contribution < 1.29 is 4.79 Å². The van der Waals surface area contributed by atoms with Gasteiger partial charge in [0.15, 0.2) is 0 Å². The molecule has 4 nitrogen and oxygen atoms in total. The highest BCUT2D eigenvalue weighted by molar-refractivity contribution is 6.30. The molecule has 5 heteroatoms. The number of piperazine rings is 1. The summed E-state index contributed by atoms with van der Waals surface area (Å²) in [5.41, 5.74) is 1.30. The summed E-state index contributed by atoms with van der Waals surface area (Å²) >= 11 is 5.92. The Bertz CT molecular complexity index is 491. The number of halogens is 1. The van der Waals surface area contributed by atoms with Gasteiger partial charge in [-0.1, -0.05) is 23.7 Å². The molecule has 0 unspecified atom stereocenters. The van der Waals surface area contributed by atoms with E-state index in [9.17, 15) is 4.79 Å². The summed E-state index contributed by atoms with van der Waals surface area (Å²) in [6, 6.07) is 8.07. The number of amides is 1. The van der Waals surface area contributed by atoms with Crippen LogP contribution in [0, 0.1) is 0 Å². The predicted octanol–water partition coefficient (Wildman–Crippen LogP) is 2.08. The topological polar surface area (TPSA) is 26.8 Å². The minimum atomic E-state index is 0.309. The molecule has 1 amide bonds. The molecule has 1 aromatic rings. The van der Waals surface area contributed by atoms with Crippen molar-refractivity contribution in [3.05, 3.63) is 34.9 Å². The zero-order valence-electron chi connectivity index (χ0n) is 13.0. The van der Waals surface area contributed by atoms with Crippen LogP contribution in [0.3, 0.4) is 0 Å². The van der Waals surface area contributed by atoms with Crippen LogP contribution in [-0.4, -0.2) is 66.4 Å². The van der Waals surface area contributed by atoms with Crippen LogP contribution in [0.25, 0.3) is 0 Å². The molecule has 2 heterocycles. The number of hydrogen-bond acceptors (Lipinski definition) is 3. The first-order valence-electron chi connectivity index (χ1n) is 8.18. The molecule has 120 valence electrons. The number of hydrogen-bond donors (Lipinski definition) is 0. The van der Waals surface area contributed by atoms with Crippen molar-refractivity contribution in [2.24, 2.45) is 0 Å². The van der Waals surface area contributed by atoms with Crippen LogP contribution < -0.4 is 0 Å². The number of carbonyl (C=O) groups is 1. The van der Waals surface area contributed by atoms with E-state index in [4.69, 9.17) is 11.6 Å². The highest BCUT2D eigenvalue weighted by atomic mass is 35.5. The van der Waals surface area contributed by atoms with E-state index < -0.39 is 0 Å². The average Bonchev–Trinajstić information content (AvgIpc) is 3.06. The third-order valence-corrected chi connectivity index (χ3v) is 4.85. The second-order valence-corrected chi connectivity index (χ2v) is 6.70. The molecule has 0 N–H and O–H groups in total. The smallest absolute Gasteiger partial charge is 0.236 e. The highest BCUT2D eigenvalue weighted by Crippen LogP contribution is 2.13. The van der Waals surface area contributed by atoms with Gasteiger partial charge >= 0.3 is 0 Å². The molecule has 0 radical (unpaired) electrons. The molecular weight excluding hydrogens is 298 g/mol. The Morgan fingerprint density at radius 3 is 2.14 bits per heavy atom. The van der Waals surface area contributed by atoms with Crippen LogP contribution >= 0.6 is 11.6 Å². The molecule has 2 fully saturated rings. The molecule has 0 aromatic heterocycles. The minimum Gasteiger partial charge on any atom is -0.342 e. The van der Waals surface area contributed by atoms with Gasteiger partial charge < -0.3 is 4.90 Å². The van der Waals surface area contributed by atoms with E-state index in [1.807, 2.05) is 17.0 Å². The Hall–Kier alpha value is -1.10. The maximum Gasteiger partial charge on any atom is 0.236 e. The molecule has 0 saturated carbocycles. The van der Waals surface area contributed by atoms with Gasteiger partial charge in [-0.25, -0.2) is 0 Å². The van der Waals surface area contributed by atoms with Crippen LogP contribution in [-0.2, 0) is 11.3 Å². The maximum atomic E-state index is 12.2. The van der Waals surface area contributed by atoms with Gasteiger partial charge in [-0.15, -0.1) is 0 Å². The first-order chi connectivity index (χ1) is 10.7. The van der Waals surface area contributed by atoms with Crippen molar-refractivity contribution in [1.29, 1.82) is 0 Å². The summed E-state index contributed by atoms with van der Waals surface area (Å²) in [5.74, 6) is 0.309. The van der Waals surface area contributed by atoms with Crippen LogP contribution in [0.1, 0.15) is 18.4 Å². The molecule has 0 spiro atoms. The van der Waals surface area contributed by atoms with E-state index in [-0.39, 0.29) is 0 Å². The van der Waals surface area contributed by atoms with Crippen molar-refractivity contribution >= 4 is 17.5 Å². The third-order valence-electron chi connectivity index (χ3n) is 4.60. The van der Waals surface area contributed by atoms with Gasteiger partial charge in [0, 0.05) is 50.8 Å². The molecule has 22 heavy (non-hydrogen) atoms.